The second-order valence-electron chi connectivity index (χ2n) is 5.94. The summed E-state index contributed by atoms with van der Waals surface area (Å²) in [4.78, 5) is 21.2. The average Bonchev–Trinajstić information content (AvgIpc) is 2.56. The van der Waals surface area contributed by atoms with Crippen molar-refractivity contribution >= 4 is 28.6 Å². The zero-order valence-corrected chi connectivity index (χ0v) is 13.3. The number of nitrogens with two attached hydrogens (primary N) is 1. The Balaban J connectivity index is 2.01. The van der Waals surface area contributed by atoms with Gasteiger partial charge in [0.15, 0.2) is 0 Å². The van der Waals surface area contributed by atoms with Crippen LogP contribution in [-0.2, 0) is 9.53 Å². The van der Waals surface area contributed by atoms with E-state index in [-0.39, 0.29) is 11.9 Å². The number of benzene rings is 1. The summed E-state index contributed by atoms with van der Waals surface area (Å²) >= 11 is 0. The van der Waals surface area contributed by atoms with E-state index in [9.17, 15) is 4.79 Å². The molecule has 1 saturated carbocycles. The van der Waals surface area contributed by atoms with Crippen molar-refractivity contribution in [3.8, 4) is 0 Å². The monoisotopic (exact) mass is 314 g/mol. The summed E-state index contributed by atoms with van der Waals surface area (Å²) in [6, 6.07) is 7.64. The van der Waals surface area contributed by atoms with E-state index in [2.05, 4.69) is 15.3 Å². The molecule has 6 nitrogen and oxygen atoms in total. The second kappa shape index (κ2) is 6.40. The molecule has 122 valence electrons. The fourth-order valence-corrected chi connectivity index (χ4v) is 3.22. The van der Waals surface area contributed by atoms with Crippen molar-refractivity contribution in [2.45, 2.75) is 44.6 Å². The molecule has 0 unspecified atom stereocenters. The Morgan fingerprint density at radius 2 is 2.00 bits per heavy atom. The van der Waals surface area contributed by atoms with Gasteiger partial charge in [0.25, 0.3) is 0 Å². The summed E-state index contributed by atoms with van der Waals surface area (Å²) in [5.41, 5.74) is 5.87. The van der Waals surface area contributed by atoms with E-state index in [1.54, 1.807) is 0 Å². The van der Waals surface area contributed by atoms with Gasteiger partial charge in [0.05, 0.1) is 12.1 Å². The number of rotatable bonds is 4. The van der Waals surface area contributed by atoms with Gasteiger partial charge in [0.1, 0.15) is 11.4 Å². The summed E-state index contributed by atoms with van der Waals surface area (Å²) in [6.07, 6.45) is 4.60. The largest absolute Gasteiger partial charge is 0.464 e. The summed E-state index contributed by atoms with van der Waals surface area (Å²) in [6.45, 7) is 2.20. The van der Waals surface area contributed by atoms with Gasteiger partial charge in [-0.05, 0) is 31.9 Å². The van der Waals surface area contributed by atoms with Crippen LogP contribution in [0.4, 0.5) is 11.8 Å². The van der Waals surface area contributed by atoms with E-state index >= 15 is 0 Å². The van der Waals surface area contributed by atoms with Crippen LogP contribution in [0.15, 0.2) is 24.3 Å². The molecule has 23 heavy (non-hydrogen) atoms. The van der Waals surface area contributed by atoms with Crippen molar-refractivity contribution in [3.63, 3.8) is 0 Å². The molecule has 0 spiro atoms. The van der Waals surface area contributed by atoms with Crippen LogP contribution in [-0.4, -0.2) is 28.1 Å². The Labute approximate surface area is 135 Å². The van der Waals surface area contributed by atoms with Gasteiger partial charge in [-0.2, -0.15) is 4.98 Å². The lowest BCUT2D eigenvalue weighted by Crippen LogP contribution is -2.49. The Kier molecular flexibility index (Phi) is 4.32. The van der Waals surface area contributed by atoms with Crippen molar-refractivity contribution in [2.24, 2.45) is 0 Å². The van der Waals surface area contributed by atoms with Crippen LogP contribution in [0, 0.1) is 0 Å². The van der Waals surface area contributed by atoms with Crippen molar-refractivity contribution in [2.75, 3.05) is 17.7 Å². The molecular formula is C17H22N4O2. The van der Waals surface area contributed by atoms with Gasteiger partial charge in [-0.1, -0.05) is 31.4 Å². The van der Waals surface area contributed by atoms with E-state index < -0.39 is 5.54 Å². The highest BCUT2D eigenvalue weighted by molar-refractivity contribution is 5.93. The van der Waals surface area contributed by atoms with Crippen LogP contribution in [0.5, 0.6) is 0 Å². The van der Waals surface area contributed by atoms with Crippen molar-refractivity contribution in [3.05, 3.63) is 24.3 Å². The van der Waals surface area contributed by atoms with E-state index in [0.717, 1.165) is 43.0 Å². The number of nitrogens with zero attached hydrogens (tertiary/aromatic N) is 2. The van der Waals surface area contributed by atoms with Crippen LogP contribution in [0.2, 0.25) is 0 Å². The summed E-state index contributed by atoms with van der Waals surface area (Å²) in [5.74, 6) is 0.588. The van der Waals surface area contributed by atoms with E-state index in [4.69, 9.17) is 10.5 Å². The van der Waals surface area contributed by atoms with Crippen LogP contribution >= 0.6 is 0 Å². The number of hydrogen-bond acceptors (Lipinski definition) is 6. The lowest BCUT2D eigenvalue weighted by atomic mass is 9.81. The first-order valence-corrected chi connectivity index (χ1v) is 8.12. The molecule has 1 aliphatic rings. The minimum Gasteiger partial charge on any atom is -0.464 e. The highest BCUT2D eigenvalue weighted by atomic mass is 16.5. The quantitative estimate of drug-likeness (QED) is 0.843. The Morgan fingerprint density at radius 3 is 2.74 bits per heavy atom. The lowest BCUT2D eigenvalue weighted by molar-refractivity contribution is -0.149. The van der Waals surface area contributed by atoms with Gasteiger partial charge in [0, 0.05) is 5.39 Å². The predicted molar refractivity (Wildman–Crippen MR) is 90.0 cm³/mol. The fraction of sp³-hybridized carbons (Fsp3) is 0.471. The Morgan fingerprint density at radius 1 is 1.26 bits per heavy atom. The molecule has 3 rings (SSSR count). The zero-order valence-electron chi connectivity index (χ0n) is 13.3. The molecular weight excluding hydrogens is 292 g/mol. The maximum absolute atomic E-state index is 12.6. The third-order valence-electron chi connectivity index (χ3n) is 4.35. The second-order valence-corrected chi connectivity index (χ2v) is 5.94. The molecule has 0 amide bonds. The zero-order chi connectivity index (χ0) is 16.3. The molecule has 1 aromatic heterocycles. The molecule has 1 heterocycles. The molecule has 1 fully saturated rings. The number of esters is 1. The molecule has 0 aliphatic heterocycles. The van der Waals surface area contributed by atoms with E-state index in [1.807, 2.05) is 31.2 Å². The number of carbonyl (C=O) groups is 1. The summed E-state index contributed by atoms with van der Waals surface area (Å²) in [7, 11) is 0. The summed E-state index contributed by atoms with van der Waals surface area (Å²) in [5, 5.41) is 4.21. The van der Waals surface area contributed by atoms with Gasteiger partial charge < -0.3 is 15.8 Å². The lowest BCUT2D eigenvalue weighted by Gasteiger charge is -2.36. The van der Waals surface area contributed by atoms with E-state index in [1.165, 1.54) is 0 Å². The molecule has 0 radical (unpaired) electrons. The molecule has 0 atom stereocenters. The number of nitrogen functional groups attached to an aromatic ring is 1. The maximum Gasteiger partial charge on any atom is 0.331 e. The van der Waals surface area contributed by atoms with Gasteiger partial charge >= 0.3 is 5.97 Å². The smallest absolute Gasteiger partial charge is 0.331 e. The minimum absolute atomic E-state index is 0.195. The van der Waals surface area contributed by atoms with Crippen LogP contribution < -0.4 is 11.1 Å². The third kappa shape index (κ3) is 3.06. The van der Waals surface area contributed by atoms with Gasteiger partial charge in [-0.25, -0.2) is 9.78 Å². The molecule has 2 aromatic rings. The fourth-order valence-electron chi connectivity index (χ4n) is 3.22. The van der Waals surface area contributed by atoms with Gasteiger partial charge in [0.2, 0.25) is 5.95 Å². The van der Waals surface area contributed by atoms with Crippen LogP contribution in [0.25, 0.3) is 10.9 Å². The molecule has 6 heteroatoms. The Hall–Kier alpha value is -2.37. The minimum atomic E-state index is -0.724. The van der Waals surface area contributed by atoms with Crippen molar-refractivity contribution < 1.29 is 9.53 Å². The number of anilines is 2. The first-order chi connectivity index (χ1) is 11.1. The average molecular weight is 314 g/mol. The standard InChI is InChI=1S/C17H22N4O2/c1-2-23-15(22)17(10-6-3-7-11-17)21-14-12-8-4-5-9-13(12)19-16(18)20-14/h4-5,8-9H,2-3,6-7,10-11H2,1H3,(H3,18,19,20,21). The number of aromatic nitrogens is 2. The molecule has 3 N–H and O–H groups in total. The number of carbonyl (C=O) groups excluding carboxylic acids is 1. The summed E-state index contributed by atoms with van der Waals surface area (Å²) < 4.78 is 5.32. The SMILES string of the molecule is CCOC(=O)C1(Nc2nc(N)nc3ccccc23)CCCCC1. The highest BCUT2D eigenvalue weighted by Crippen LogP contribution is 2.34. The number of ether oxygens (including phenoxy) is 1. The molecule has 0 bridgehead atoms. The van der Waals surface area contributed by atoms with Crippen molar-refractivity contribution in [1.29, 1.82) is 0 Å². The van der Waals surface area contributed by atoms with Gasteiger partial charge in [-0.15, -0.1) is 0 Å². The third-order valence-corrected chi connectivity index (χ3v) is 4.35. The number of hydrogen-bond donors (Lipinski definition) is 2. The van der Waals surface area contributed by atoms with Crippen molar-refractivity contribution in [1.82, 2.24) is 9.97 Å². The first kappa shape index (κ1) is 15.5. The number of nitrogens with one attached hydrogen (secondary N) is 1. The number of fused-ring (bicyclic) bond motifs is 1. The normalized spacial score (nSPS) is 16.9. The molecule has 0 saturated heterocycles. The van der Waals surface area contributed by atoms with E-state index in [0.29, 0.717) is 12.4 Å². The topological polar surface area (TPSA) is 90.1 Å². The number of para-hydroxylation sites is 1. The van der Waals surface area contributed by atoms with Crippen LogP contribution in [0.1, 0.15) is 39.0 Å². The Bertz CT molecular complexity index is 711. The highest BCUT2D eigenvalue weighted by Gasteiger charge is 2.41. The maximum atomic E-state index is 12.6. The molecule has 1 aromatic carbocycles. The van der Waals surface area contributed by atoms with Crippen LogP contribution in [0.3, 0.4) is 0 Å². The van der Waals surface area contributed by atoms with Gasteiger partial charge in [-0.3, -0.25) is 0 Å². The molecule has 1 aliphatic carbocycles. The predicted octanol–water partition coefficient (Wildman–Crippen LogP) is 2.89. The first-order valence-electron chi connectivity index (χ1n) is 8.12.